The standard InChI is InChI=1S/C25H21N5O4S/c31-22-19-8-1-2-9-20(19)34-23(24-27-29-30-28-24)21(22)26-25(32)16-10-12-17(13-11-16)33-14-4-3-6-18-7-5-15-35-18/h1-2,5,7-13,15H,3-4,6,14H2,(H,26,32)(H,27,28,29,30). The van der Waals surface area contributed by atoms with Crippen LogP contribution in [0.3, 0.4) is 0 Å². The SMILES string of the molecule is O=C(Nc1c(-c2nn[nH]n2)oc2ccccc2c1=O)c1ccc(OCCCCc2cccs2)cc1. The zero-order valence-corrected chi connectivity index (χ0v) is 19.4. The van der Waals surface area contributed by atoms with E-state index in [1.165, 1.54) is 4.88 Å². The van der Waals surface area contributed by atoms with Gasteiger partial charge >= 0.3 is 0 Å². The average molecular weight is 488 g/mol. The average Bonchev–Trinajstić information content (AvgIpc) is 3.61. The number of ether oxygens (including phenoxy) is 1. The highest BCUT2D eigenvalue weighted by molar-refractivity contribution is 7.09. The fraction of sp³-hybridized carbons (Fsp3) is 0.160. The van der Waals surface area contributed by atoms with Gasteiger partial charge in [0.05, 0.1) is 12.0 Å². The minimum Gasteiger partial charge on any atom is -0.494 e. The van der Waals surface area contributed by atoms with Crippen LogP contribution in [0.4, 0.5) is 5.69 Å². The summed E-state index contributed by atoms with van der Waals surface area (Å²) in [5, 5.41) is 18.7. The van der Waals surface area contributed by atoms with Crippen LogP contribution in [-0.4, -0.2) is 33.1 Å². The fourth-order valence-corrected chi connectivity index (χ4v) is 4.36. The molecule has 0 fully saturated rings. The summed E-state index contributed by atoms with van der Waals surface area (Å²) in [6.07, 6.45) is 3.05. The number of thiophene rings is 1. The zero-order valence-electron chi connectivity index (χ0n) is 18.6. The number of unbranched alkanes of at least 4 members (excludes halogenated alkanes) is 1. The Morgan fingerprint density at radius 1 is 1.06 bits per heavy atom. The van der Waals surface area contributed by atoms with Crippen LogP contribution >= 0.6 is 11.3 Å². The summed E-state index contributed by atoms with van der Waals surface area (Å²) in [5.74, 6) is 0.291. The van der Waals surface area contributed by atoms with Crippen LogP contribution < -0.4 is 15.5 Å². The first-order valence-corrected chi connectivity index (χ1v) is 11.9. The monoisotopic (exact) mass is 487 g/mol. The molecule has 0 saturated heterocycles. The van der Waals surface area contributed by atoms with Gasteiger partial charge in [0.2, 0.25) is 17.0 Å². The molecule has 0 aliphatic carbocycles. The molecule has 2 N–H and O–H groups in total. The second kappa shape index (κ2) is 10.3. The van der Waals surface area contributed by atoms with Crippen LogP contribution in [0.15, 0.2) is 75.3 Å². The number of rotatable bonds is 9. The molecule has 0 aliphatic heterocycles. The molecule has 5 rings (SSSR count). The number of aryl methyl sites for hydroxylation is 1. The molecule has 0 radical (unpaired) electrons. The smallest absolute Gasteiger partial charge is 0.255 e. The first-order valence-electron chi connectivity index (χ1n) is 11.1. The third-order valence-electron chi connectivity index (χ3n) is 5.37. The van der Waals surface area contributed by atoms with Crippen LogP contribution in [0, 0.1) is 0 Å². The van der Waals surface area contributed by atoms with E-state index in [-0.39, 0.29) is 17.3 Å². The summed E-state index contributed by atoms with van der Waals surface area (Å²) in [4.78, 5) is 27.5. The van der Waals surface area contributed by atoms with E-state index in [0.29, 0.717) is 28.9 Å². The molecule has 0 atom stereocenters. The molecule has 35 heavy (non-hydrogen) atoms. The van der Waals surface area contributed by atoms with Crippen LogP contribution in [0.2, 0.25) is 0 Å². The molecule has 10 heteroatoms. The maximum Gasteiger partial charge on any atom is 0.255 e. The van der Waals surface area contributed by atoms with Gasteiger partial charge in [0.25, 0.3) is 5.91 Å². The van der Waals surface area contributed by atoms with Gasteiger partial charge in [-0.15, -0.1) is 21.5 Å². The quantitative estimate of drug-likeness (QED) is 0.289. The molecular weight excluding hydrogens is 466 g/mol. The molecule has 9 nitrogen and oxygen atoms in total. The van der Waals surface area contributed by atoms with Gasteiger partial charge in [-0.3, -0.25) is 9.59 Å². The number of benzene rings is 2. The van der Waals surface area contributed by atoms with Crippen LogP contribution in [-0.2, 0) is 6.42 Å². The maximum absolute atomic E-state index is 13.1. The highest BCUT2D eigenvalue weighted by atomic mass is 32.1. The summed E-state index contributed by atoms with van der Waals surface area (Å²) in [6.45, 7) is 0.600. The van der Waals surface area contributed by atoms with E-state index in [1.807, 2.05) is 0 Å². The van der Waals surface area contributed by atoms with Crippen LogP contribution in [0.5, 0.6) is 5.75 Å². The van der Waals surface area contributed by atoms with Crippen molar-refractivity contribution < 1.29 is 13.9 Å². The van der Waals surface area contributed by atoms with Gasteiger partial charge in [-0.25, -0.2) is 0 Å². The molecule has 0 aliphatic rings. The minimum atomic E-state index is -0.472. The number of fused-ring (bicyclic) bond motifs is 1. The van der Waals surface area contributed by atoms with Crippen molar-refractivity contribution in [1.29, 1.82) is 0 Å². The van der Waals surface area contributed by atoms with E-state index in [2.05, 4.69) is 43.5 Å². The molecule has 1 amide bonds. The Morgan fingerprint density at radius 3 is 2.69 bits per heavy atom. The zero-order chi connectivity index (χ0) is 24.0. The molecule has 3 aromatic heterocycles. The number of hydrogen-bond donors (Lipinski definition) is 2. The van der Waals surface area contributed by atoms with Gasteiger partial charge in [-0.05, 0) is 72.3 Å². The van der Waals surface area contributed by atoms with E-state index < -0.39 is 11.3 Å². The van der Waals surface area contributed by atoms with Gasteiger partial charge in [0, 0.05) is 10.4 Å². The number of H-pyrrole nitrogens is 1. The maximum atomic E-state index is 13.1. The molecular formula is C25H21N5O4S. The lowest BCUT2D eigenvalue weighted by Crippen LogP contribution is -2.19. The van der Waals surface area contributed by atoms with Crippen molar-refractivity contribution in [3.8, 4) is 17.3 Å². The van der Waals surface area contributed by atoms with E-state index >= 15 is 0 Å². The number of anilines is 1. The Labute approximate surface area is 203 Å². The number of nitrogens with zero attached hydrogens (tertiary/aromatic N) is 3. The predicted octanol–water partition coefficient (Wildman–Crippen LogP) is 4.69. The van der Waals surface area contributed by atoms with Crippen molar-refractivity contribution in [2.75, 3.05) is 11.9 Å². The van der Waals surface area contributed by atoms with E-state index in [4.69, 9.17) is 9.15 Å². The number of tetrazole rings is 1. The number of carbonyl (C=O) groups excluding carboxylic acids is 1. The van der Waals surface area contributed by atoms with Crippen LogP contribution in [0.1, 0.15) is 28.1 Å². The van der Waals surface area contributed by atoms with E-state index in [1.54, 1.807) is 59.9 Å². The highest BCUT2D eigenvalue weighted by Gasteiger charge is 2.21. The van der Waals surface area contributed by atoms with Crippen molar-refractivity contribution in [2.45, 2.75) is 19.3 Å². The lowest BCUT2D eigenvalue weighted by Gasteiger charge is -2.10. The lowest BCUT2D eigenvalue weighted by atomic mass is 10.1. The molecule has 0 unspecified atom stereocenters. The third-order valence-corrected chi connectivity index (χ3v) is 6.30. The minimum absolute atomic E-state index is 0.0262. The van der Waals surface area contributed by atoms with E-state index in [9.17, 15) is 9.59 Å². The summed E-state index contributed by atoms with van der Waals surface area (Å²) >= 11 is 1.77. The normalized spacial score (nSPS) is 11.0. The van der Waals surface area contributed by atoms with Crippen LogP contribution in [0.25, 0.3) is 22.6 Å². The van der Waals surface area contributed by atoms with Gasteiger partial charge < -0.3 is 14.5 Å². The number of aromatic nitrogens is 4. The largest absolute Gasteiger partial charge is 0.494 e. The van der Waals surface area contributed by atoms with E-state index in [0.717, 1.165) is 19.3 Å². The molecule has 0 bridgehead atoms. The van der Waals surface area contributed by atoms with Crippen molar-refractivity contribution in [2.24, 2.45) is 0 Å². The second-order valence-electron chi connectivity index (χ2n) is 7.73. The summed E-state index contributed by atoms with van der Waals surface area (Å²) in [6, 6.07) is 17.7. The van der Waals surface area contributed by atoms with Gasteiger partial charge in [-0.2, -0.15) is 5.21 Å². The summed E-state index contributed by atoms with van der Waals surface area (Å²) in [7, 11) is 0. The van der Waals surface area contributed by atoms with Gasteiger partial charge in [0.15, 0.2) is 0 Å². The fourth-order valence-electron chi connectivity index (χ4n) is 3.61. The first-order chi connectivity index (χ1) is 17.2. The Balaban J connectivity index is 1.27. The summed E-state index contributed by atoms with van der Waals surface area (Å²) < 4.78 is 11.6. The predicted molar refractivity (Wildman–Crippen MR) is 133 cm³/mol. The van der Waals surface area contributed by atoms with Crippen molar-refractivity contribution >= 4 is 33.9 Å². The summed E-state index contributed by atoms with van der Waals surface area (Å²) in [5.41, 5.74) is 0.262. The molecule has 0 saturated carbocycles. The number of para-hydroxylation sites is 1. The molecule has 5 aromatic rings. The Bertz CT molecular complexity index is 1480. The number of aromatic amines is 1. The van der Waals surface area contributed by atoms with Crippen molar-refractivity contribution in [1.82, 2.24) is 20.6 Å². The molecule has 0 spiro atoms. The number of nitrogens with one attached hydrogen (secondary N) is 2. The Morgan fingerprint density at radius 2 is 1.91 bits per heavy atom. The van der Waals surface area contributed by atoms with Crippen molar-refractivity contribution in [3.05, 3.63) is 86.7 Å². The topological polar surface area (TPSA) is 123 Å². The van der Waals surface area contributed by atoms with Crippen molar-refractivity contribution in [3.63, 3.8) is 0 Å². The number of amides is 1. The van der Waals surface area contributed by atoms with Gasteiger partial charge in [-0.1, -0.05) is 18.2 Å². The molecule has 2 aromatic carbocycles. The molecule has 3 heterocycles. The highest BCUT2D eigenvalue weighted by Crippen LogP contribution is 2.27. The Kier molecular flexibility index (Phi) is 6.62. The second-order valence-corrected chi connectivity index (χ2v) is 8.76. The Hall–Kier alpha value is -4.31. The number of hydrogen-bond acceptors (Lipinski definition) is 8. The lowest BCUT2D eigenvalue weighted by molar-refractivity contribution is 0.102. The first kappa shape index (κ1) is 22.5. The van der Waals surface area contributed by atoms with Gasteiger partial charge in [0.1, 0.15) is 17.0 Å². The molecule has 176 valence electrons. The number of carbonyl (C=O) groups is 1. The third kappa shape index (κ3) is 5.12.